The highest BCUT2D eigenvalue weighted by Gasteiger charge is 2.36. The monoisotopic (exact) mass is 502 g/mol. The lowest BCUT2D eigenvalue weighted by Gasteiger charge is -2.35. The van der Waals surface area contributed by atoms with Gasteiger partial charge in [0.15, 0.2) is 0 Å². The van der Waals surface area contributed by atoms with Crippen LogP contribution in [0.1, 0.15) is 81.7 Å². The van der Waals surface area contributed by atoms with E-state index in [9.17, 15) is 0 Å². The maximum Gasteiger partial charge on any atom is 0.138 e. The Morgan fingerprint density at radius 3 is 2.46 bits per heavy atom. The number of aliphatic imine (C=N–C) groups is 2. The van der Waals surface area contributed by atoms with Gasteiger partial charge in [-0.3, -0.25) is 20.3 Å². The van der Waals surface area contributed by atoms with E-state index in [0.29, 0.717) is 18.6 Å². The molecule has 3 heterocycles. The minimum Gasteiger partial charge on any atom is -0.371 e. The van der Waals surface area contributed by atoms with E-state index in [1.807, 2.05) is 6.20 Å². The molecule has 0 radical (unpaired) electrons. The number of aromatic nitrogens is 1. The Morgan fingerprint density at radius 2 is 1.81 bits per heavy atom. The summed E-state index contributed by atoms with van der Waals surface area (Å²) in [6, 6.07) is 4.83. The Balaban J connectivity index is 1.50. The first kappa shape index (κ1) is 27.3. The molecule has 1 N–H and O–H groups in total. The van der Waals surface area contributed by atoms with Crippen LogP contribution in [0.3, 0.4) is 0 Å². The van der Waals surface area contributed by atoms with Crippen LogP contribution in [-0.4, -0.2) is 59.7 Å². The van der Waals surface area contributed by atoms with Gasteiger partial charge >= 0.3 is 0 Å². The Morgan fingerprint density at radius 1 is 1.11 bits per heavy atom. The van der Waals surface area contributed by atoms with Gasteiger partial charge in [-0.15, -0.1) is 0 Å². The molecule has 3 aliphatic rings. The third-order valence-electron chi connectivity index (χ3n) is 8.04. The van der Waals surface area contributed by atoms with Crippen LogP contribution in [0, 0.1) is 19.8 Å². The van der Waals surface area contributed by atoms with E-state index in [-0.39, 0.29) is 0 Å². The Labute approximate surface area is 224 Å². The predicted octanol–water partition coefficient (Wildman–Crippen LogP) is 6.24. The first-order chi connectivity index (χ1) is 18.0. The Kier molecular flexibility index (Phi) is 9.73. The molecule has 1 saturated carbocycles. The SMILES string of the molecule is C=N/C=C1/C(C2CCN(C(=C)c3cc(C)nc(C)c3)CC2)=CN(C2CCCCC2)C1=NCNCCCC. The van der Waals surface area contributed by atoms with Crippen molar-refractivity contribution in [1.29, 1.82) is 0 Å². The van der Waals surface area contributed by atoms with Crippen molar-refractivity contribution < 1.29 is 0 Å². The molecule has 1 aromatic rings. The van der Waals surface area contributed by atoms with Gasteiger partial charge in [0.1, 0.15) is 5.84 Å². The first-order valence-corrected chi connectivity index (χ1v) is 14.3. The molecule has 0 bridgehead atoms. The summed E-state index contributed by atoms with van der Waals surface area (Å²) in [7, 11) is 0. The molecule has 2 fully saturated rings. The second-order valence-corrected chi connectivity index (χ2v) is 10.8. The summed E-state index contributed by atoms with van der Waals surface area (Å²) >= 11 is 0. The van der Waals surface area contributed by atoms with E-state index in [1.54, 1.807) is 0 Å². The summed E-state index contributed by atoms with van der Waals surface area (Å²) in [4.78, 5) is 18.8. The summed E-state index contributed by atoms with van der Waals surface area (Å²) < 4.78 is 0. The fraction of sp³-hybridized carbons (Fsp3) is 0.581. The lowest BCUT2D eigenvalue weighted by molar-refractivity contribution is 0.276. The average Bonchev–Trinajstić information content (AvgIpc) is 3.26. The van der Waals surface area contributed by atoms with Crippen LogP contribution in [0.5, 0.6) is 0 Å². The largest absolute Gasteiger partial charge is 0.371 e. The van der Waals surface area contributed by atoms with E-state index in [1.165, 1.54) is 61.7 Å². The molecule has 200 valence electrons. The van der Waals surface area contributed by atoms with Gasteiger partial charge in [-0.2, -0.15) is 0 Å². The quantitative estimate of drug-likeness (QED) is 0.304. The number of likely N-dealkylation sites (tertiary alicyclic amines) is 1. The van der Waals surface area contributed by atoms with Crippen LogP contribution in [0.25, 0.3) is 5.70 Å². The minimum absolute atomic E-state index is 0.491. The number of rotatable bonds is 10. The van der Waals surface area contributed by atoms with Crippen LogP contribution < -0.4 is 5.32 Å². The number of nitrogens with one attached hydrogen (secondary N) is 1. The van der Waals surface area contributed by atoms with Crippen molar-refractivity contribution in [2.45, 2.75) is 84.6 Å². The van der Waals surface area contributed by atoms with Crippen molar-refractivity contribution in [3.8, 4) is 0 Å². The van der Waals surface area contributed by atoms with Crippen LogP contribution in [0.4, 0.5) is 0 Å². The summed E-state index contributed by atoms with van der Waals surface area (Å²) in [5, 5.41) is 3.50. The van der Waals surface area contributed by atoms with Crippen molar-refractivity contribution in [3.05, 3.63) is 59.2 Å². The highest BCUT2D eigenvalue weighted by Crippen LogP contribution is 2.39. The highest BCUT2D eigenvalue weighted by atomic mass is 15.2. The summed E-state index contributed by atoms with van der Waals surface area (Å²) in [6.45, 7) is 18.3. The normalized spacial score (nSPS) is 21.6. The van der Waals surface area contributed by atoms with Crippen molar-refractivity contribution in [1.82, 2.24) is 20.1 Å². The third kappa shape index (κ3) is 6.78. The summed E-state index contributed by atoms with van der Waals surface area (Å²) in [5.74, 6) is 1.58. The van der Waals surface area contributed by atoms with E-state index >= 15 is 0 Å². The van der Waals surface area contributed by atoms with Crippen LogP contribution in [-0.2, 0) is 0 Å². The fourth-order valence-electron chi connectivity index (χ4n) is 6.06. The van der Waals surface area contributed by atoms with Gasteiger partial charge in [0.25, 0.3) is 0 Å². The number of piperidine rings is 1. The Hall–Kier alpha value is -2.73. The zero-order valence-corrected chi connectivity index (χ0v) is 23.3. The van der Waals surface area contributed by atoms with Gasteiger partial charge in [-0.05, 0) is 82.8 Å². The number of hydrogen-bond acceptors (Lipinski definition) is 5. The second kappa shape index (κ2) is 13.2. The molecule has 2 aliphatic heterocycles. The van der Waals surface area contributed by atoms with Gasteiger partial charge in [-0.1, -0.05) is 39.2 Å². The molecule has 37 heavy (non-hydrogen) atoms. The zero-order valence-electron chi connectivity index (χ0n) is 23.3. The van der Waals surface area contributed by atoms with Crippen LogP contribution in [0.15, 0.2) is 52.2 Å². The average molecular weight is 503 g/mol. The van der Waals surface area contributed by atoms with Crippen LogP contribution >= 0.6 is 0 Å². The molecule has 0 spiro atoms. The molecule has 0 unspecified atom stereocenters. The maximum atomic E-state index is 5.09. The fourth-order valence-corrected chi connectivity index (χ4v) is 6.06. The van der Waals surface area contributed by atoms with E-state index in [4.69, 9.17) is 4.99 Å². The van der Waals surface area contributed by atoms with Crippen molar-refractivity contribution in [3.63, 3.8) is 0 Å². The smallest absolute Gasteiger partial charge is 0.138 e. The number of hydrogen-bond donors (Lipinski definition) is 1. The predicted molar refractivity (Wildman–Crippen MR) is 157 cm³/mol. The lowest BCUT2D eigenvalue weighted by Crippen LogP contribution is -2.36. The molecule has 6 nitrogen and oxygen atoms in total. The van der Waals surface area contributed by atoms with E-state index < -0.39 is 0 Å². The third-order valence-corrected chi connectivity index (χ3v) is 8.04. The Bertz CT molecular complexity index is 1020. The maximum absolute atomic E-state index is 5.09. The van der Waals surface area contributed by atoms with E-state index in [2.05, 4.69) is 77.5 Å². The molecule has 1 saturated heterocycles. The summed E-state index contributed by atoms with van der Waals surface area (Å²) in [6.07, 6.45) is 15.4. The van der Waals surface area contributed by atoms with Gasteiger partial charge in [0.2, 0.25) is 0 Å². The molecule has 0 atom stereocenters. The second-order valence-electron chi connectivity index (χ2n) is 10.8. The van der Waals surface area contributed by atoms with Crippen LogP contribution in [0.2, 0.25) is 0 Å². The molecule has 1 aliphatic carbocycles. The lowest BCUT2D eigenvalue weighted by atomic mass is 9.86. The highest BCUT2D eigenvalue weighted by molar-refractivity contribution is 6.06. The van der Waals surface area contributed by atoms with Crippen molar-refractivity contribution >= 4 is 18.3 Å². The number of pyridine rings is 1. The van der Waals surface area contributed by atoms with E-state index in [0.717, 1.165) is 55.4 Å². The topological polar surface area (TPSA) is 56.1 Å². The molecular formula is C31H46N6. The van der Waals surface area contributed by atoms with Gasteiger partial charge in [0.05, 0.1) is 6.67 Å². The summed E-state index contributed by atoms with van der Waals surface area (Å²) in [5.41, 5.74) is 6.97. The molecule has 0 aromatic carbocycles. The molecule has 1 aromatic heterocycles. The number of unbranched alkanes of at least 4 members (excludes halogenated alkanes) is 1. The van der Waals surface area contributed by atoms with Crippen molar-refractivity contribution in [2.75, 3.05) is 26.3 Å². The first-order valence-electron chi connectivity index (χ1n) is 14.3. The number of amidine groups is 1. The standard InChI is InChI=1S/C31H46N6/c1-6-7-15-33-22-34-31-29(20-32-5)30(21-37(31)28-11-9-8-10-12-28)26-13-16-36(17-14-26)25(4)27-18-23(2)35-24(3)19-27/h18-21,26,28,33H,4-17,22H2,1-3H3/b29-20-,34-31?. The molecule has 6 heteroatoms. The number of nitrogens with zero attached hydrogens (tertiary/aromatic N) is 5. The molecular weight excluding hydrogens is 456 g/mol. The zero-order chi connectivity index (χ0) is 26.2. The molecule has 4 rings (SSSR count). The minimum atomic E-state index is 0.491. The van der Waals surface area contributed by atoms with Gasteiger partial charge in [-0.25, -0.2) is 0 Å². The van der Waals surface area contributed by atoms with Crippen molar-refractivity contribution in [2.24, 2.45) is 15.9 Å². The van der Waals surface area contributed by atoms with Gasteiger partial charge < -0.3 is 9.80 Å². The van der Waals surface area contributed by atoms with Gasteiger partial charge in [0, 0.05) is 59.8 Å². The number of aryl methyl sites for hydroxylation is 2. The molecule has 0 amide bonds.